The zero-order chi connectivity index (χ0) is 17.2. The molecule has 0 unspecified atom stereocenters. The average molecular weight is 339 g/mol. The Morgan fingerprint density at radius 2 is 1.50 bits per heavy atom. The minimum atomic E-state index is -3.34. The first-order valence-corrected chi connectivity index (χ1v) is 12.8. The van der Waals surface area contributed by atoms with Crippen LogP contribution in [-0.4, -0.2) is 21.2 Å². The summed E-state index contributed by atoms with van der Waals surface area (Å²) in [4.78, 5) is 0. The van der Waals surface area contributed by atoms with Gasteiger partial charge in [-0.3, -0.25) is 0 Å². The molecular formula is C18H30O2SSi. The van der Waals surface area contributed by atoms with Gasteiger partial charge in [-0.2, -0.15) is 0 Å². The van der Waals surface area contributed by atoms with Gasteiger partial charge in [0, 0.05) is 0 Å². The van der Waals surface area contributed by atoms with E-state index in [0.29, 0.717) is 6.42 Å². The van der Waals surface area contributed by atoms with Crippen LogP contribution in [0.4, 0.5) is 0 Å². The SMILES string of the molecule is CC(C)(C)S(=O)(=O)[C@@](C)(C/C=C/[Si](C)(C)C)c1ccccc1. The summed E-state index contributed by atoms with van der Waals surface area (Å²) in [5, 5.41) is 0. The van der Waals surface area contributed by atoms with Crippen LogP contribution >= 0.6 is 0 Å². The minimum absolute atomic E-state index is 0.515. The second-order valence-electron chi connectivity index (χ2n) is 8.19. The van der Waals surface area contributed by atoms with Gasteiger partial charge >= 0.3 is 0 Å². The van der Waals surface area contributed by atoms with E-state index in [4.69, 9.17) is 0 Å². The quantitative estimate of drug-likeness (QED) is 0.713. The molecule has 0 aliphatic rings. The van der Waals surface area contributed by atoms with Crippen LogP contribution in [0.25, 0.3) is 0 Å². The molecule has 0 fully saturated rings. The van der Waals surface area contributed by atoms with Gasteiger partial charge < -0.3 is 0 Å². The van der Waals surface area contributed by atoms with Crippen LogP contribution in [-0.2, 0) is 14.6 Å². The van der Waals surface area contributed by atoms with Gasteiger partial charge in [-0.15, -0.1) is 0 Å². The van der Waals surface area contributed by atoms with E-state index in [1.807, 2.05) is 37.3 Å². The average Bonchev–Trinajstić information content (AvgIpc) is 2.36. The van der Waals surface area contributed by atoms with Crippen LogP contribution in [0.15, 0.2) is 42.1 Å². The maximum Gasteiger partial charge on any atom is 0.165 e. The highest BCUT2D eigenvalue weighted by molar-refractivity contribution is 7.93. The number of allylic oxidation sites excluding steroid dienone is 1. The first kappa shape index (κ1) is 19.2. The van der Waals surface area contributed by atoms with E-state index in [2.05, 4.69) is 31.4 Å². The van der Waals surface area contributed by atoms with Crippen molar-refractivity contribution in [2.45, 2.75) is 63.3 Å². The molecule has 1 rings (SSSR count). The van der Waals surface area contributed by atoms with Crippen LogP contribution in [0.5, 0.6) is 0 Å². The Hall–Kier alpha value is -0.873. The predicted octanol–water partition coefficient (Wildman–Crippen LogP) is 4.94. The third kappa shape index (κ3) is 4.11. The molecule has 4 heteroatoms. The smallest absolute Gasteiger partial charge is 0.165 e. The minimum Gasteiger partial charge on any atom is -0.227 e. The summed E-state index contributed by atoms with van der Waals surface area (Å²) in [5.41, 5.74) is 3.09. The van der Waals surface area contributed by atoms with E-state index in [0.717, 1.165) is 5.56 Å². The Labute approximate surface area is 137 Å². The number of rotatable bonds is 5. The molecule has 0 N–H and O–H groups in total. The normalized spacial score (nSPS) is 16.7. The number of sulfone groups is 1. The summed E-state index contributed by atoms with van der Waals surface area (Å²) >= 11 is 0. The molecule has 124 valence electrons. The molecule has 0 amide bonds. The predicted molar refractivity (Wildman–Crippen MR) is 99.6 cm³/mol. The summed E-state index contributed by atoms with van der Waals surface area (Å²) in [6.45, 7) is 14.0. The summed E-state index contributed by atoms with van der Waals surface area (Å²) in [7, 11) is -4.68. The van der Waals surface area contributed by atoms with Crippen molar-refractivity contribution in [3.8, 4) is 0 Å². The fourth-order valence-electron chi connectivity index (χ4n) is 2.49. The highest BCUT2D eigenvalue weighted by Gasteiger charge is 2.46. The maximum atomic E-state index is 13.2. The van der Waals surface area contributed by atoms with Gasteiger partial charge in [-0.05, 0) is 39.7 Å². The lowest BCUT2D eigenvalue weighted by molar-refractivity contribution is 0.507. The molecule has 1 atom stereocenters. The summed E-state index contributed by atoms with van der Waals surface area (Å²) in [6, 6.07) is 9.59. The number of benzene rings is 1. The van der Waals surface area contributed by atoms with Crippen molar-refractivity contribution >= 4 is 17.9 Å². The van der Waals surface area contributed by atoms with Crippen LogP contribution < -0.4 is 0 Å². The molecule has 0 bridgehead atoms. The van der Waals surface area contributed by atoms with Gasteiger partial charge in [0.05, 0.1) is 17.6 Å². The highest BCUT2D eigenvalue weighted by atomic mass is 32.2. The first-order chi connectivity index (χ1) is 9.81. The lowest BCUT2D eigenvalue weighted by Crippen LogP contribution is -2.43. The van der Waals surface area contributed by atoms with Gasteiger partial charge in [0.25, 0.3) is 0 Å². The molecule has 0 heterocycles. The molecule has 2 nitrogen and oxygen atoms in total. The van der Waals surface area contributed by atoms with E-state index in [9.17, 15) is 8.42 Å². The van der Waals surface area contributed by atoms with Crippen LogP contribution in [0.3, 0.4) is 0 Å². The van der Waals surface area contributed by atoms with Crippen molar-refractivity contribution in [2.24, 2.45) is 0 Å². The van der Waals surface area contributed by atoms with Crippen molar-refractivity contribution in [2.75, 3.05) is 0 Å². The second-order valence-corrected chi connectivity index (χ2v) is 16.4. The van der Waals surface area contributed by atoms with Crippen molar-refractivity contribution in [3.05, 3.63) is 47.7 Å². The van der Waals surface area contributed by atoms with Gasteiger partial charge in [0.2, 0.25) is 0 Å². The lowest BCUT2D eigenvalue weighted by atomic mass is 9.97. The second kappa shape index (κ2) is 6.32. The molecule has 0 spiro atoms. The molecule has 1 aromatic rings. The van der Waals surface area contributed by atoms with E-state index < -0.39 is 27.4 Å². The first-order valence-electron chi connectivity index (χ1n) is 7.79. The molecule has 0 aliphatic carbocycles. The maximum absolute atomic E-state index is 13.2. The Morgan fingerprint density at radius 1 is 1.00 bits per heavy atom. The molecule has 0 aromatic heterocycles. The number of hydrogen-bond donors (Lipinski definition) is 0. The van der Waals surface area contributed by atoms with E-state index in [1.165, 1.54) is 0 Å². The largest absolute Gasteiger partial charge is 0.227 e. The summed E-state index contributed by atoms with van der Waals surface area (Å²) in [6.07, 6.45) is 2.59. The Bertz CT molecular complexity index is 619. The van der Waals surface area contributed by atoms with Gasteiger partial charge in [0.1, 0.15) is 0 Å². The van der Waals surface area contributed by atoms with E-state index in [-0.39, 0.29) is 0 Å². The molecule has 0 saturated carbocycles. The van der Waals surface area contributed by atoms with Gasteiger partial charge in [-0.1, -0.05) is 61.7 Å². The van der Waals surface area contributed by atoms with Crippen LogP contribution in [0, 0.1) is 0 Å². The fourth-order valence-corrected chi connectivity index (χ4v) is 5.43. The molecule has 1 aromatic carbocycles. The molecule has 22 heavy (non-hydrogen) atoms. The fraction of sp³-hybridized carbons (Fsp3) is 0.556. The van der Waals surface area contributed by atoms with Crippen LogP contribution in [0.2, 0.25) is 19.6 Å². The Balaban J connectivity index is 3.38. The van der Waals surface area contributed by atoms with Gasteiger partial charge in [-0.25, -0.2) is 8.42 Å². The third-order valence-electron chi connectivity index (χ3n) is 3.91. The Morgan fingerprint density at radius 3 is 1.91 bits per heavy atom. The number of hydrogen-bond acceptors (Lipinski definition) is 2. The third-order valence-corrected chi connectivity index (χ3v) is 8.35. The summed E-state index contributed by atoms with van der Waals surface area (Å²) < 4.78 is 24.7. The summed E-state index contributed by atoms with van der Waals surface area (Å²) in [5.74, 6) is 0. The van der Waals surface area contributed by atoms with E-state index in [1.54, 1.807) is 20.8 Å². The molecular weight excluding hydrogens is 308 g/mol. The van der Waals surface area contributed by atoms with Crippen molar-refractivity contribution in [1.82, 2.24) is 0 Å². The van der Waals surface area contributed by atoms with Crippen molar-refractivity contribution in [3.63, 3.8) is 0 Å². The molecule has 0 aliphatic heterocycles. The standard InChI is InChI=1S/C18H30O2SSi/c1-17(2,3)21(19,20)18(4,14-11-15-22(5,6)7)16-12-9-8-10-13-16/h8-13,15H,14H2,1-7H3/b15-11+/t18-/m0/s1. The highest BCUT2D eigenvalue weighted by Crippen LogP contribution is 2.40. The molecule has 0 radical (unpaired) electrons. The zero-order valence-corrected chi connectivity index (χ0v) is 16.8. The monoisotopic (exact) mass is 338 g/mol. The van der Waals surface area contributed by atoms with Gasteiger partial charge in [0.15, 0.2) is 9.84 Å². The molecule has 0 saturated heterocycles. The van der Waals surface area contributed by atoms with Crippen molar-refractivity contribution in [1.29, 1.82) is 0 Å². The zero-order valence-electron chi connectivity index (χ0n) is 15.0. The Kier molecular flexibility index (Phi) is 5.51. The van der Waals surface area contributed by atoms with Crippen LogP contribution in [0.1, 0.15) is 39.7 Å². The van der Waals surface area contributed by atoms with Crippen molar-refractivity contribution < 1.29 is 8.42 Å². The lowest BCUT2D eigenvalue weighted by Gasteiger charge is -2.36. The van der Waals surface area contributed by atoms with E-state index >= 15 is 0 Å². The topological polar surface area (TPSA) is 34.1 Å².